The lowest BCUT2D eigenvalue weighted by Crippen LogP contribution is -2.24. The average molecular weight is 207 g/mol. The molecule has 0 aromatic carbocycles. The van der Waals surface area contributed by atoms with Crippen molar-refractivity contribution in [2.24, 2.45) is 5.92 Å². The lowest BCUT2D eigenvalue weighted by Gasteiger charge is -2.18. The molecule has 0 aliphatic carbocycles. The van der Waals surface area contributed by atoms with E-state index in [1.165, 1.54) is 0 Å². The summed E-state index contributed by atoms with van der Waals surface area (Å²) in [7, 11) is 0. The van der Waals surface area contributed by atoms with Gasteiger partial charge in [-0.25, -0.2) is 4.98 Å². The maximum Gasteiger partial charge on any atom is 0.130 e. The van der Waals surface area contributed by atoms with E-state index in [0.29, 0.717) is 5.92 Å². The van der Waals surface area contributed by atoms with Gasteiger partial charge in [-0.05, 0) is 19.4 Å². The minimum absolute atomic E-state index is 0.240. The van der Waals surface area contributed by atoms with E-state index >= 15 is 0 Å². The number of aliphatic hydroxyl groups is 1. The summed E-state index contributed by atoms with van der Waals surface area (Å²) < 4.78 is 0. The van der Waals surface area contributed by atoms with Gasteiger partial charge in [0, 0.05) is 37.0 Å². The number of pyridine rings is 1. The van der Waals surface area contributed by atoms with Crippen LogP contribution in [0.1, 0.15) is 13.3 Å². The van der Waals surface area contributed by atoms with Gasteiger partial charge in [0.05, 0.1) is 6.10 Å². The van der Waals surface area contributed by atoms with Crippen molar-refractivity contribution in [1.82, 2.24) is 4.98 Å². The molecule has 0 spiro atoms. The lowest BCUT2D eigenvalue weighted by atomic mass is 10.0. The number of nitrogens with zero attached hydrogens (tertiary/aromatic N) is 2. The van der Waals surface area contributed by atoms with Crippen LogP contribution >= 0.6 is 0 Å². The minimum Gasteiger partial charge on any atom is -0.399 e. The van der Waals surface area contributed by atoms with Crippen LogP contribution in [0.5, 0.6) is 0 Å². The van der Waals surface area contributed by atoms with E-state index < -0.39 is 0 Å². The fourth-order valence-corrected chi connectivity index (χ4v) is 2.00. The van der Waals surface area contributed by atoms with Crippen LogP contribution in [0.2, 0.25) is 0 Å². The van der Waals surface area contributed by atoms with Crippen molar-refractivity contribution in [3.63, 3.8) is 0 Å². The predicted octanol–water partition coefficient (Wildman–Crippen LogP) is 0.871. The zero-order chi connectivity index (χ0) is 10.8. The zero-order valence-electron chi connectivity index (χ0n) is 8.93. The summed E-state index contributed by atoms with van der Waals surface area (Å²) in [6, 6.07) is 3.66. The molecule has 1 saturated heterocycles. The standard InChI is InChI=1S/C11H17N3O/c1-8(15)9-3-5-14(7-9)11-6-10(12)2-4-13-11/h2,4,6,8-9,15H,3,5,7H2,1H3,(H2,12,13). The molecule has 15 heavy (non-hydrogen) atoms. The molecule has 0 bridgehead atoms. The Morgan fingerprint density at radius 3 is 3.07 bits per heavy atom. The van der Waals surface area contributed by atoms with Gasteiger partial charge in [0.15, 0.2) is 0 Å². The van der Waals surface area contributed by atoms with Crippen molar-refractivity contribution in [2.45, 2.75) is 19.4 Å². The highest BCUT2D eigenvalue weighted by Gasteiger charge is 2.26. The van der Waals surface area contributed by atoms with Crippen LogP contribution < -0.4 is 10.6 Å². The lowest BCUT2D eigenvalue weighted by molar-refractivity contribution is 0.136. The van der Waals surface area contributed by atoms with Gasteiger partial charge < -0.3 is 15.7 Å². The Kier molecular flexibility index (Phi) is 2.77. The smallest absolute Gasteiger partial charge is 0.130 e. The Morgan fingerprint density at radius 2 is 2.47 bits per heavy atom. The Hall–Kier alpha value is -1.29. The first kappa shape index (κ1) is 10.2. The number of hydrogen-bond donors (Lipinski definition) is 2. The number of nitrogen functional groups attached to an aromatic ring is 1. The molecule has 1 aromatic heterocycles. The van der Waals surface area contributed by atoms with Gasteiger partial charge >= 0.3 is 0 Å². The van der Waals surface area contributed by atoms with E-state index in [1.54, 1.807) is 12.3 Å². The average Bonchev–Trinajstić information content (AvgIpc) is 2.66. The van der Waals surface area contributed by atoms with Crippen LogP contribution in [0.15, 0.2) is 18.3 Å². The molecule has 4 heteroatoms. The molecule has 3 N–H and O–H groups in total. The predicted molar refractivity (Wildman–Crippen MR) is 60.7 cm³/mol. The highest BCUT2D eigenvalue weighted by atomic mass is 16.3. The van der Waals surface area contributed by atoms with Crippen LogP contribution in [0.3, 0.4) is 0 Å². The third kappa shape index (κ3) is 2.21. The summed E-state index contributed by atoms with van der Waals surface area (Å²) in [5.41, 5.74) is 6.44. The first-order valence-electron chi connectivity index (χ1n) is 5.31. The quantitative estimate of drug-likeness (QED) is 0.755. The fourth-order valence-electron chi connectivity index (χ4n) is 2.00. The number of anilines is 2. The van der Waals surface area contributed by atoms with Crippen LogP contribution in [-0.2, 0) is 0 Å². The third-order valence-electron chi connectivity index (χ3n) is 3.00. The summed E-state index contributed by atoms with van der Waals surface area (Å²) >= 11 is 0. The van der Waals surface area contributed by atoms with E-state index in [4.69, 9.17) is 5.73 Å². The van der Waals surface area contributed by atoms with Crippen molar-refractivity contribution >= 4 is 11.5 Å². The summed E-state index contributed by atoms with van der Waals surface area (Å²) in [4.78, 5) is 6.45. The Bertz CT molecular complexity index is 340. The van der Waals surface area contributed by atoms with E-state index in [1.807, 2.05) is 13.0 Å². The van der Waals surface area contributed by atoms with Crippen LogP contribution in [0, 0.1) is 5.92 Å². The maximum absolute atomic E-state index is 9.50. The van der Waals surface area contributed by atoms with Gasteiger partial charge in [0.2, 0.25) is 0 Å². The largest absolute Gasteiger partial charge is 0.399 e. The Labute approximate surface area is 89.7 Å². The van der Waals surface area contributed by atoms with E-state index in [-0.39, 0.29) is 6.10 Å². The third-order valence-corrected chi connectivity index (χ3v) is 3.00. The first-order valence-corrected chi connectivity index (χ1v) is 5.31. The molecular formula is C11H17N3O. The van der Waals surface area contributed by atoms with Gasteiger partial charge in [0.25, 0.3) is 0 Å². The summed E-state index contributed by atoms with van der Waals surface area (Å²) in [5, 5.41) is 9.50. The molecule has 82 valence electrons. The van der Waals surface area contributed by atoms with Crippen molar-refractivity contribution in [2.75, 3.05) is 23.7 Å². The monoisotopic (exact) mass is 207 g/mol. The van der Waals surface area contributed by atoms with Gasteiger partial charge in [0.1, 0.15) is 5.82 Å². The summed E-state index contributed by atoms with van der Waals surface area (Å²) in [6.07, 6.45) is 2.50. The number of nitrogens with two attached hydrogens (primary N) is 1. The highest BCUT2D eigenvalue weighted by molar-refractivity contribution is 5.50. The van der Waals surface area contributed by atoms with Crippen LogP contribution in [0.4, 0.5) is 11.5 Å². The molecular weight excluding hydrogens is 190 g/mol. The van der Waals surface area contributed by atoms with Gasteiger partial charge in [-0.1, -0.05) is 0 Å². The SMILES string of the molecule is CC(O)C1CCN(c2cc(N)ccn2)C1. The number of aliphatic hydroxyl groups excluding tert-OH is 1. The summed E-state index contributed by atoms with van der Waals surface area (Å²) in [6.45, 7) is 3.67. The van der Waals surface area contributed by atoms with Gasteiger partial charge in [-0.3, -0.25) is 0 Å². The molecule has 1 aromatic rings. The van der Waals surface area contributed by atoms with Crippen molar-refractivity contribution in [1.29, 1.82) is 0 Å². The van der Waals surface area contributed by atoms with E-state index in [0.717, 1.165) is 31.0 Å². The molecule has 1 aliphatic heterocycles. The van der Waals surface area contributed by atoms with E-state index in [9.17, 15) is 5.11 Å². The molecule has 2 atom stereocenters. The molecule has 0 saturated carbocycles. The number of hydrogen-bond acceptors (Lipinski definition) is 4. The second-order valence-corrected chi connectivity index (χ2v) is 4.18. The van der Waals surface area contributed by atoms with Gasteiger partial charge in [-0.2, -0.15) is 0 Å². The normalized spacial score (nSPS) is 23.1. The van der Waals surface area contributed by atoms with Crippen LogP contribution in [-0.4, -0.2) is 29.3 Å². The minimum atomic E-state index is -0.240. The molecule has 0 radical (unpaired) electrons. The zero-order valence-corrected chi connectivity index (χ0v) is 8.93. The Balaban J connectivity index is 2.08. The fraction of sp³-hybridized carbons (Fsp3) is 0.545. The number of aromatic nitrogens is 1. The molecule has 4 nitrogen and oxygen atoms in total. The van der Waals surface area contributed by atoms with Crippen molar-refractivity contribution in [3.05, 3.63) is 18.3 Å². The molecule has 1 aliphatic rings. The first-order chi connectivity index (χ1) is 7.16. The molecule has 2 rings (SSSR count). The second-order valence-electron chi connectivity index (χ2n) is 4.18. The van der Waals surface area contributed by atoms with E-state index in [2.05, 4.69) is 9.88 Å². The number of rotatable bonds is 2. The van der Waals surface area contributed by atoms with Gasteiger partial charge in [-0.15, -0.1) is 0 Å². The highest BCUT2D eigenvalue weighted by Crippen LogP contribution is 2.24. The molecule has 2 heterocycles. The topological polar surface area (TPSA) is 62.4 Å². The summed E-state index contributed by atoms with van der Waals surface area (Å²) in [5.74, 6) is 1.27. The van der Waals surface area contributed by atoms with Crippen molar-refractivity contribution < 1.29 is 5.11 Å². The van der Waals surface area contributed by atoms with Crippen LogP contribution in [0.25, 0.3) is 0 Å². The maximum atomic E-state index is 9.50. The molecule has 0 amide bonds. The second kappa shape index (κ2) is 4.06. The molecule has 2 unspecified atom stereocenters. The molecule has 1 fully saturated rings. The van der Waals surface area contributed by atoms with Crippen molar-refractivity contribution in [3.8, 4) is 0 Å². The Morgan fingerprint density at radius 1 is 1.67 bits per heavy atom.